The molecule has 136 valence electrons. The van der Waals surface area contributed by atoms with Gasteiger partial charge in [-0.25, -0.2) is 0 Å². The zero-order valence-corrected chi connectivity index (χ0v) is 16.3. The summed E-state index contributed by atoms with van der Waals surface area (Å²) in [5.74, 6) is 2.08. The number of benzene rings is 1. The average molecular weight is 342 g/mol. The Bertz CT molecular complexity index is 683. The quantitative estimate of drug-likeness (QED) is 0.641. The SMILES string of the molecule is CCNC(=NCC(C)c1c(C)noc1C)N(C)Cc1ccc(C)cc1. The van der Waals surface area contributed by atoms with Crippen molar-refractivity contribution in [3.8, 4) is 0 Å². The molecule has 0 bridgehead atoms. The molecular formula is C20H30N4O. The van der Waals surface area contributed by atoms with E-state index in [2.05, 4.69) is 67.5 Å². The van der Waals surface area contributed by atoms with Crippen molar-refractivity contribution in [2.75, 3.05) is 20.1 Å². The highest BCUT2D eigenvalue weighted by Gasteiger charge is 2.16. The Morgan fingerprint density at radius 1 is 1.24 bits per heavy atom. The molecule has 0 saturated carbocycles. The first-order valence-corrected chi connectivity index (χ1v) is 8.90. The minimum Gasteiger partial charge on any atom is -0.361 e. The van der Waals surface area contributed by atoms with E-state index in [-0.39, 0.29) is 5.92 Å². The summed E-state index contributed by atoms with van der Waals surface area (Å²) in [6.07, 6.45) is 0. The van der Waals surface area contributed by atoms with Crippen molar-refractivity contribution in [3.05, 3.63) is 52.4 Å². The first-order chi connectivity index (χ1) is 11.9. The summed E-state index contributed by atoms with van der Waals surface area (Å²) >= 11 is 0. The number of hydrogen-bond acceptors (Lipinski definition) is 3. The average Bonchev–Trinajstić information content (AvgIpc) is 2.92. The van der Waals surface area contributed by atoms with Crippen LogP contribution in [0, 0.1) is 20.8 Å². The van der Waals surface area contributed by atoms with Crippen LogP contribution in [-0.2, 0) is 6.54 Å². The van der Waals surface area contributed by atoms with Crippen LogP contribution in [0.25, 0.3) is 0 Å². The molecule has 1 N–H and O–H groups in total. The maximum Gasteiger partial charge on any atom is 0.193 e. The van der Waals surface area contributed by atoms with Crippen molar-refractivity contribution in [3.63, 3.8) is 0 Å². The summed E-state index contributed by atoms with van der Waals surface area (Å²) < 4.78 is 5.28. The molecule has 1 heterocycles. The zero-order chi connectivity index (χ0) is 18.4. The minimum absolute atomic E-state index is 0.271. The van der Waals surface area contributed by atoms with Crippen LogP contribution in [0.3, 0.4) is 0 Å². The summed E-state index contributed by atoms with van der Waals surface area (Å²) in [4.78, 5) is 6.99. The Labute approximate surface area is 151 Å². The van der Waals surface area contributed by atoms with Crippen molar-refractivity contribution in [1.82, 2.24) is 15.4 Å². The smallest absolute Gasteiger partial charge is 0.193 e. The van der Waals surface area contributed by atoms with Crippen molar-refractivity contribution in [2.24, 2.45) is 4.99 Å². The van der Waals surface area contributed by atoms with Crippen molar-refractivity contribution in [1.29, 1.82) is 0 Å². The largest absolute Gasteiger partial charge is 0.361 e. The molecule has 0 aliphatic carbocycles. The fourth-order valence-corrected chi connectivity index (χ4v) is 3.02. The highest BCUT2D eigenvalue weighted by molar-refractivity contribution is 5.79. The third kappa shape index (κ3) is 5.08. The van der Waals surface area contributed by atoms with E-state index in [9.17, 15) is 0 Å². The Morgan fingerprint density at radius 2 is 1.92 bits per heavy atom. The normalized spacial score (nSPS) is 13.0. The Morgan fingerprint density at radius 3 is 2.48 bits per heavy atom. The van der Waals surface area contributed by atoms with Gasteiger partial charge in [-0.15, -0.1) is 0 Å². The molecule has 1 atom stereocenters. The molecule has 1 aromatic heterocycles. The highest BCUT2D eigenvalue weighted by atomic mass is 16.5. The van der Waals surface area contributed by atoms with Crippen LogP contribution in [0.1, 0.15) is 47.9 Å². The number of hydrogen-bond donors (Lipinski definition) is 1. The van der Waals surface area contributed by atoms with Gasteiger partial charge in [0, 0.05) is 38.2 Å². The molecule has 0 radical (unpaired) electrons. The molecule has 0 amide bonds. The Hall–Kier alpha value is -2.30. The lowest BCUT2D eigenvalue weighted by Gasteiger charge is -2.23. The number of rotatable bonds is 6. The van der Waals surface area contributed by atoms with Gasteiger partial charge in [-0.05, 0) is 33.3 Å². The van der Waals surface area contributed by atoms with Crippen molar-refractivity contribution >= 4 is 5.96 Å². The number of aliphatic imine (C=N–C) groups is 1. The van der Waals surface area contributed by atoms with Crippen molar-refractivity contribution < 1.29 is 4.52 Å². The summed E-state index contributed by atoms with van der Waals surface area (Å²) in [6.45, 7) is 12.7. The molecule has 25 heavy (non-hydrogen) atoms. The summed E-state index contributed by atoms with van der Waals surface area (Å²) in [6, 6.07) is 8.63. The van der Waals surface area contributed by atoms with Gasteiger partial charge >= 0.3 is 0 Å². The standard InChI is InChI=1S/C20H30N4O/c1-7-21-20(24(6)13-18-10-8-14(2)9-11-18)22-12-15(3)19-16(4)23-25-17(19)5/h8-11,15H,7,12-13H2,1-6H3,(H,21,22). The number of aryl methyl sites for hydroxylation is 3. The molecule has 0 aliphatic rings. The van der Waals surface area contributed by atoms with E-state index in [1.807, 2.05) is 13.8 Å². The zero-order valence-electron chi connectivity index (χ0n) is 16.3. The van der Waals surface area contributed by atoms with E-state index in [1.165, 1.54) is 16.7 Å². The lowest BCUT2D eigenvalue weighted by atomic mass is 10.00. The number of nitrogens with one attached hydrogen (secondary N) is 1. The van der Waals surface area contributed by atoms with E-state index in [1.54, 1.807) is 0 Å². The monoisotopic (exact) mass is 342 g/mol. The molecule has 0 aliphatic heterocycles. The van der Waals surface area contributed by atoms with Crippen molar-refractivity contribution in [2.45, 2.75) is 47.1 Å². The first kappa shape index (κ1) is 19.0. The number of guanidine groups is 1. The topological polar surface area (TPSA) is 53.7 Å². The summed E-state index contributed by atoms with van der Waals surface area (Å²) in [5.41, 5.74) is 4.68. The van der Waals surface area contributed by atoms with Crippen LogP contribution in [0.5, 0.6) is 0 Å². The van der Waals surface area contributed by atoms with E-state index < -0.39 is 0 Å². The predicted octanol–water partition coefficient (Wildman–Crippen LogP) is 3.80. The Balaban J connectivity index is 2.07. The fourth-order valence-electron chi connectivity index (χ4n) is 3.02. The number of aromatic nitrogens is 1. The molecule has 5 nitrogen and oxygen atoms in total. The molecule has 0 saturated heterocycles. The van der Waals surface area contributed by atoms with Crippen LogP contribution < -0.4 is 5.32 Å². The third-order valence-corrected chi connectivity index (χ3v) is 4.33. The third-order valence-electron chi connectivity index (χ3n) is 4.33. The predicted molar refractivity (Wildman–Crippen MR) is 103 cm³/mol. The summed E-state index contributed by atoms with van der Waals surface area (Å²) in [5, 5.41) is 7.43. The van der Waals surface area contributed by atoms with Crippen LogP contribution in [0.15, 0.2) is 33.8 Å². The molecule has 0 spiro atoms. The maximum absolute atomic E-state index is 5.28. The van der Waals surface area contributed by atoms with Gasteiger partial charge in [0.05, 0.1) is 5.69 Å². The van der Waals surface area contributed by atoms with Gasteiger partial charge in [-0.1, -0.05) is 41.9 Å². The lowest BCUT2D eigenvalue weighted by molar-refractivity contribution is 0.391. The van der Waals surface area contributed by atoms with E-state index in [0.717, 1.165) is 30.5 Å². The molecule has 2 rings (SSSR count). The first-order valence-electron chi connectivity index (χ1n) is 8.90. The van der Waals surface area contributed by atoms with Gasteiger partial charge in [-0.3, -0.25) is 4.99 Å². The molecular weight excluding hydrogens is 312 g/mol. The van der Waals surface area contributed by atoms with Gasteiger partial charge in [-0.2, -0.15) is 0 Å². The minimum atomic E-state index is 0.271. The van der Waals surface area contributed by atoms with Gasteiger partial charge in [0.25, 0.3) is 0 Å². The molecule has 5 heteroatoms. The molecule has 2 aromatic rings. The van der Waals surface area contributed by atoms with E-state index in [4.69, 9.17) is 9.52 Å². The van der Waals surface area contributed by atoms with Gasteiger partial charge in [0.1, 0.15) is 5.76 Å². The molecule has 0 fully saturated rings. The Kier molecular flexibility index (Phi) is 6.62. The second-order valence-corrected chi connectivity index (χ2v) is 6.68. The maximum atomic E-state index is 5.28. The molecule has 1 unspecified atom stereocenters. The van der Waals surface area contributed by atoms with Crippen LogP contribution in [-0.4, -0.2) is 36.2 Å². The van der Waals surface area contributed by atoms with Crippen LogP contribution >= 0.6 is 0 Å². The number of nitrogens with zero attached hydrogens (tertiary/aromatic N) is 3. The lowest BCUT2D eigenvalue weighted by Crippen LogP contribution is -2.38. The molecule has 1 aromatic carbocycles. The second kappa shape index (κ2) is 8.70. The van der Waals surface area contributed by atoms with Crippen LogP contribution in [0.2, 0.25) is 0 Å². The fraction of sp³-hybridized carbons (Fsp3) is 0.500. The van der Waals surface area contributed by atoms with Crippen LogP contribution in [0.4, 0.5) is 0 Å². The van der Waals surface area contributed by atoms with Gasteiger partial charge < -0.3 is 14.7 Å². The van der Waals surface area contributed by atoms with E-state index in [0.29, 0.717) is 6.54 Å². The second-order valence-electron chi connectivity index (χ2n) is 6.68. The highest BCUT2D eigenvalue weighted by Crippen LogP contribution is 2.23. The van der Waals surface area contributed by atoms with Gasteiger partial charge in [0.2, 0.25) is 0 Å². The van der Waals surface area contributed by atoms with Gasteiger partial charge in [0.15, 0.2) is 5.96 Å². The van der Waals surface area contributed by atoms with E-state index >= 15 is 0 Å². The summed E-state index contributed by atoms with van der Waals surface area (Å²) in [7, 11) is 2.07.